The summed E-state index contributed by atoms with van der Waals surface area (Å²) in [6, 6.07) is 10.7. The van der Waals surface area contributed by atoms with Crippen LogP contribution in [0.5, 0.6) is 5.75 Å². The van der Waals surface area contributed by atoms with Gasteiger partial charge in [-0.15, -0.1) is 0 Å². The minimum atomic E-state index is -0.887. The quantitative estimate of drug-likeness (QED) is 0.719. The third kappa shape index (κ3) is 3.21. The van der Waals surface area contributed by atoms with Gasteiger partial charge in [-0.3, -0.25) is 14.5 Å². The number of carboxylic acids is 1. The smallest absolute Gasteiger partial charge is 0.320 e. The summed E-state index contributed by atoms with van der Waals surface area (Å²) < 4.78 is 11.3. The number of ether oxygens (including phenoxy) is 1. The number of hydrogen-bond donors (Lipinski definition) is 2. The van der Waals surface area contributed by atoms with E-state index in [0.29, 0.717) is 30.0 Å². The van der Waals surface area contributed by atoms with Gasteiger partial charge in [0.2, 0.25) is 5.91 Å². The van der Waals surface area contributed by atoms with Crippen LogP contribution in [-0.4, -0.2) is 48.1 Å². The Morgan fingerprint density at radius 1 is 1.26 bits per heavy atom. The van der Waals surface area contributed by atoms with Gasteiger partial charge in [-0.25, -0.2) is 0 Å². The molecule has 7 nitrogen and oxygen atoms in total. The summed E-state index contributed by atoms with van der Waals surface area (Å²) >= 11 is 0. The molecule has 2 N–H and O–H groups in total. The molecule has 1 aromatic heterocycles. The number of benzene rings is 2. The van der Waals surface area contributed by atoms with E-state index in [4.69, 9.17) is 9.15 Å². The van der Waals surface area contributed by atoms with Crippen molar-refractivity contribution in [2.24, 2.45) is 0 Å². The van der Waals surface area contributed by atoms with Crippen molar-refractivity contribution in [2.75, 3.05) is 25.5 Å². The number of aliphatic carboxylic acids is 1. The zero-order valence-electron chi connectivity index (χ0n) is 14.9. The van der Waals surface area contributed by atoms with E-state index >= 15 is 0 Å². The van der Waals surface area contributed by atoms with Gasteiger partial charge < -0.3 is 19.6 Å². The second-order valence-corrected chi connectivity index (χ2v) is 6.66. The average Bonchev–Trinajstić information content (AvgIpc) is 3.24. The predicted octanol–water partition coefficient (Wildman–Crippen LogP) is 3.08. The van der Waals surface area contributed by atoms with Crippen LogP contribution in [0.2, 0.25) is 0 Å². The zero-order valence-corrected chi connectivity index (χ0v) is 14.9. The number of anilines is 1. The fourth-order valence-electron chi connectivity index (χ4n) is 3.69. The molecule has 2 heterocycles. The number of carbonyl (C=O) groups excluding carboxylic acids is 1. The molecule has 27 heavy (non-hydrogen) atoms. The molecule has 0 aliphatic carbocycles. The average molecular weight is 368 g/mol. The highest BCUT2D eigenvalue weighted by atomic mass is 16.5. The van der Waals surface area contributed by atoms with Crippen molar-refractivity contribution < 1.29 is 23.8 Å². The van der Waals surface area contributed by atoms with Crippen LogP contribution < -0.4 is 10.1 Å². The number of nitrogens with zero attached hydrogens (tertiary/aromatic N) is 1. The minimum Gasteiger partial charge on any atom is -0.495 e. The maximum Gasteiger partial charge on any atom is 0.320 e. The predicted molar refractivity (Wildman–Crippen MR) is 101 cm³/mol. The van der Waals surface area contributed by atoms with Crippen molar-refractivity contribution in [1.82, 2.24) is 4.90 Å². The van der Waals surface area contributed by atoms with E-state index in [1.165, 1.54) is 0 Å². The first-order valence-corrected chi connectivity index (χ1v) is 8.83. The fraction of sp³-hybridized carbons (Fsp3) is 0.300. The van der Waals surface area contributed by atoms with Crippen LogP contribution >= 0.6 is 0 Å². The molecule has 1 aliphatic heterocycles. The Hall–Kier alpha value is -3.06. The molecule has 7 heteroatoms. The number of carbonyl (C=O) groups is 2. The van der Waals surface area contributed by atoms with Crippen molar-refractivity contribution in [3.05, 3.63) is 36.4 Å². The van der Waals surface area contributed by atoms with Gasteiger partial charge in [-0.1, -0.05) is 18.2 Å². The first-order chi connectivity index (χ1) is 13.1. The van der Waals surface area contributed by atoms with Crippen molar-refractivity contribution in [2.45, 2.75) is 18.9 Å². The van der Waals surface area contributed by atoms with E-state index < -0.39 is 12.0 Å². The molecule has 1 fully saturated rings. The van der Waals surface area contributed by atoms with Gasteiger partial charge in [0.25, 0.3) is 0 Å². The normalized spacial score (nSPS) is 17.4. The number of rotatable bonds is 5. The highest BCUT2D eigenvalue weighted by molar-refractivity contribution is 6.07. The summed E-state index contributed by atoms with van der Waals surface area (Å²) in [5.41, 5.74) is 1.91. The molecule has 2 aromatic carbocycles. The Kier molecular flexibility index (Phi) is 4.45. The molecule has 0 spiro atoms. The van der Waals surface area contributed by atoms with E-state index in [-0.39, 0.29) is 12.5 Å². The maximum absolute atomic E-state index is 12.5. The second-order valence-electron chi connectivity index (χ2n) is 6.66. The second kappa shape index (κ2) is 6.92. The lowest BCUT2D eigenvalue weighted by molar-refractivity contribution is -0.142. The standard InChI is InChI=1S/C20H20N2O5/c1-26-18-9-13-12-5-2-3-7-16(12)27-17(13)10-14(18)21-19(23)11-22-8-4-6-15(22)20(24)25/h2-3,5,7,9-10,15H,4,6,8,11H2,1H3,(H,21,23)(H,24,25)/t15-/m1/s1. The number of likely N-dealkylation sites (tertiary alicyclic amines) is 1. The molecule has 1 atom stereocenters. The highest BCUT2D eigenvalue weighted by Crippen LogP contribution is 2.36. The summed E-state index contributed by atoms with van der Waals surface area (Å²) in [6.45, 7) is 0.627. The van der Waals surface area contributed by atoms with Crippen molar-refractivity contribution in [1.29, 1.82) is 0 Å². The number of para-hydroxylation sites is 1. The van der Waals surface area contributed by atoms with Crippen LogP contribution in [0, 0.1) is 0 Å². The van der Waals surface area contributed by atoms with Gasteiger partial charge in [-0.05, 0) is 31.5 Å². The number of hydrogen-bond acceptors (Lipinski definition) is 5. The van der Waals surface area contributed by atoms with Gasteiger partial charge in [0.05, 0.1) is 19.3 Å². The number of furan rings is 1. The molecule has 0 saturated carbocycles. The molecular weight excluding hydrogens is 348 g/mol. The molecule has 1 aliphatic rings. The first-order valence-electron chi connectivity index (χ1n) is 8.83. The molecule has 0 bridgehead atoms. The van der Waals surface area contributed by atoms with E-state index in [9.17, 15) is 14.7 Å². The van der Waals surface area contributed by atoms with Gasteiger partial charge in [0.1, 0.15) is 23.0 Å². The summed E-state index contributed by atoms with van der Waals surface area (Å²) in [6.07, 6.45) is 1.34. The van der Waals surface area contributed by atoms with E-state index in [1.54, 1.807) is 18.1 Å². The van der Waals surface area contributed by atoms with Crippen molar-refractivity contribution >= 4 is 39.5 Å². The van der Waals surface area contributed by atoms with Crippen molar-refractivity contribution in [3.63, 3.8) is 0 Å². The van der Waals surface area contributed by atoms with E-state index in [0.717, 1.165) is 22.8 Å². The summed E-state index contributed by atoms with van der Waals surface area (Å²) in [5, 5.41) is 14.0. The van der Waals surface area contributed by atoms with Crippen molar-refractivity contribution in [3.8, 4) is 5.75 Å². The van der Waals surface area contributed by atoms with E-state index in [2.05, 4.69) is 5.32 Å². The Morgan fingerprint density at radius 3 is 2.85 bits per heavy atom. The molecule has 3 aromatic rings. The molecular formula is C20H20N2O5. The van der Waals surface area contributed by atoms with Crippen LogP contribution in [0.3, 0.4) is 0 Å². The third-order valence-electron chi connectivity index (χ3n) is 4.97. The first kappa shape index (κ1) is 17.4. The van der Waals surface area contributed by atoms with Gasteiger partial charge in [-0.2, -0.15) is 0 Å². The topological polar surface area (TPSA) is 92.0 Å². The largest absolute Gasteiger partial charge is 0.495 e. The van der Waals surface area contributed by atoms with Crippen LogP contribution in [0.25, 0.3) is 21.9 Å². The number of methoxy groups -OCH3 is 1. The van der Waals surface area contributed by atoms with Crippen LogP contribution in [0.15, 0.2) is 40.8 Å². The van der Waals surface area contributed by atoms with Crippen LogP contribution in [-0.2, 0) is 9.59 Å². The molecule has 0 radical (unpaired) electrons. The lowest BCUT2D eigenvalue weighted by atomic mass is 10.1. The Bertz CT molecular complexity index is 1030. The van der Waals surface area contributed by atoms with Crippen LogP contribution in [0.4, 0.5) is 5.69 Å². The maximum atomic E-state index is 12.5. The lowest BCUT2D eigenvalue weighted by Crippen LogP contribution is -2.40. The Labute approximate surface area is 155 Å². The van der Waals surface area contributed by atoms with Crippen LogP contribution in [0.1, 0.15) is 12.8 Å². The Balaban J connectivity index is 1.60. The summed E-state index contributed by atoms with van der Waals surface area (Å²) in [7, 11) is 1.54. The monoisotopic (exact) mass is 368 g/mol. The molecule has 1 amide bonds. The number of carboxylic acid groups (broad SMARTS) is 1. The van der Waals surface area contributed by atoms with E-state index in [1.807, 2.05) is 30.3 Å². The lowest BCUT2D eigenvalue weighted by Gasteiger charge is -2.20. The number of nitrogens with one attached hydrogen (secondary N) is 1. The van der Waals surface area contributed by atoms with Gasteiger partial charge in [0.15, 0.2) is 0 Å². The summed E-state index contributed by atoms with van der Waals surface area (Å²) in [4.78, 5) is 25.4. The molecule has 140 valence electrons. The fourth-order valence-corrected chi connectivity index (χ4v) is 3.69. The highest BCUT2D eigenvalue weighted by Gasteiger charge is 2.31. The molecule has 1 saturated heterocycles. The minimum absolute atomic E-state index is 0.0261. The number of amides is 1. The SMILES string of the molecule is COc1cc2c(cc1NC(=O)CN1CCC[C@@H]1C(=O)O)oc1ccccc12. The summed E-state index contributed by atoms with van der Waals surface area (Å²) in [5.74, 6) is -0.642. The van der Waals surface area contributed by atoms with Gasteiger partial charge in [0, 0.05) is 16.8 Å². The Morgan fingerprint density at radius 2 is 2.07 bits per heavy atom. The molecule has 0 unspecified atom stereocenters. The zero-order chi connectivity index (χ0) is 19.0. The molecule has 4 rings (SSSR count). The van der Waals surface area contributed by atoms with Gasteiger partial charge >= 0.3 is 5.97 Å². The number of fused-ring (bicyclic) bond motifs is 3. The third-order valence-corrected chi connectivity index (χ3v) is 4.97.